The predicted molar refractivity (Wildman–Crippen MR) is 260 cm³/mol. The number of hydrogen-bond acceptors (Lipinski definition) is 6. The summed E-state index contributed by atoms with van der Waals surface area (Å²) in [5.41, 5.74) is 11.4. The van der Waals surface area contributed by atoms with Crippen LogP contribution in [0.1, 0.15) is 130 Å². The molecule has 0 bridgehead atoms. The molecule has 0 N–H and O–H groups in total. The second kappa shape index (κ2) is 21.3. The molecule has 0 aliphatic carbocycles. The lowest BCUT2D eigenvalue weighted by molar-refractivity contribution is 0.609. The summed E-state index contributed by atoms with van der Waals surface area (Å²) in [4.78, 5) is 16.5. The van der Waals surface area contributed by atoms with E-state index in [0.29, 0.717) is 0 Å². The van der Waals surface area contributed by atoms with Gasteiger partial charge in [0.15, 0.2) is 0 Å². The van der Waals surface area contributed by atoms with E-state index in [2.05, 4.69) is 121 Å². The van der Waals surface area contributed by atoms with Crippen molar-refractivity contribution in [1.82, 2.24) is 9.97 Å². The minimum atomic E-state index is 0.983. The van der Waals surface area contributed by atoms with Crippen molar-refractivity contribution in [2.75, 3.05) is 36.0 Å². The zero-order valence-corrected chi connectivity index (χ0v) is 37.5. The average Bonchev–Trinajstić information content (AvgIpc) is 3.96. The van der Waals surface area contributed by atoms with Crippen molar-refractivity contribution in [2.24, 2.45) is 0 Å². The second-order valence-electron chi connectivity index (χ2n) is 16.4. The number of anilines is 2. The van der Waals surface area contributed by atoms with Crippen molar-refractivity contribution in [3.8, 4) is 22.3 Å². The fourth-order valence-electron chi connectivity index (χ4n) is 8.69. The van der Waals surface area contributed by atoms with Crippen molar-refractivity contribution >= 4 is 76.3 Å². The van der Waals surface area contributed by atoms with Gasteiger partial charge in [-0.05, 0) is 84.0 Å². The molecule has 0 unspecified atom stereocenters. The van der Waals surface area contributed by atoms with Gasteiger partial charge in [0, 0.05) is 59.5 Å². The van der Waals surface area contributed by atoms with Gasteiger partial charge in [0.1, 0.15) is 11.0 Å². The first-order chi connectivity index (χ1) is 28.6. The van der Waals surface area contributed by atoms with Crippen LogP contribution in [-0.2, 0) is 0 Å². The molecule has 0 radical (unpaired) electrons. The van der Waals surface area contributed by atoms with Crippen LogP contribution in [0.25, 0.3) is 64.5 Å². The van der Waals surface area contributed by atoms with Gasteiger partial charge in [-0.25, -0.2) is 9.97 Å². The number of aromatic nitrogens is 2. The third-order valence-corrected chi connectivity index (χ3v) is 13.9. The van der Waals surface area contributed by atoms with Crippen LogP contribution in [0.15, 0.2) is 83.6 Å². The number of nitrogens with zero attached hydrogens (tertiary/aromatic N) is 4. The van der Waals surface area contributed by atoms with Crippen molar-refractivity contribution in [3.05, 3.63) is 83.6 Å². The van der Waals surface area contributed by atoms with Crippen LogP contribution in [-0.4, -0.2) is 36.1 Å². The summed E-state index contributed by atoms with van der Waals surface area (Å²) in [6.45, 7) is 13.7. The molecule has 306 valence electrons. The van der Waals surface area contributed by atoms with E-state index in [9.17, 15) is 0 Å². The first kappa shape index (κ1) is 42.1. The van der Waals surface area contributed by atoms with E-state index < -0.39 is 0 Å². The molecule has 0 saturated heterocycles. The summed E-state index contributed by atoms with van der Waals surface area (Å²) in [6, 6.07) is 27.8. The molecule has 0 aliphatic rings. The van der Waals surface area contributed by atoms with Crippen LogP contribution in [0.5, 0.6) is 0 Å². The summed E-state index contributed by atoms with van der Waals surface area (Å²) < 4.78 is 2.46. The molecule has 3 aromatic heterocycles. The lowest BCUT2D eigenvalue weighted by Crippen LogP contribution is -2.25. The zero-order chi connectivity index (χ0) is 40.1. The highest BCUT2D eigenvalue weighted by molar-refractivity contribution is 7.20. The maximum Gasteiger partial charge on any atom is 0.109 e. The molecular formula is C52H66N4S2. The Balaban J connectivity index is 1.28. The molecule has 0 saturated carbocycles. The number of rotatable bonds is 24. The standard InChI is InChI=1S/C52H66N4S2/c1-5-9-13-17-33-55(34-18-14-10-6-2)41-25-21-39(22-26-41)43-29-30-44(40-23-27-42(28-24-40)56(35-19-15-11-7-3)36-20-16-12-8-4)48-47(43)53-49-50(54-48)52-46(32-38-58-52)45-31-37-57-51(45)49/h21-32,37-38H,5-20,33-36H2,1-4H3. The van der Waals surface area contributed by atoms with Crippen LogP contribution in [0, 0.1) is 0 Å². The number of benzene rings is 4. The summed E-state index contributed by atoms with van der Waals surface area (Å²) in [7, 11) is 0. The van der Waals surface area contributed by atoms with Gasteiger partial charge in [0.05, 0.1) is 20.4 Å². The van der Waals surface area contributed by atoms with Gasteiger partial charge in [-0.3, -0.25) is 0 Å². The molecular weight excluding hydrogens is 745 g/mol. The molecule has 0 atom stereocenters. The molecule has 7 aromatic rings. The molecule has 0 spiro atoms. The van der Waals surface area contributed by atoms with E-state index in [-0.39, 0.29) is 0 Å². The van der Waals surface area contributed by atoms with Crippen molar-refractivity contribution in [1.29, 1.82) is 0 Å². The van der Waals surface area contributed by atoms with Gasteiger partial charge in [-0.15, -0.1) is 22.7 Å². The first-order valence-corrected chi connectivity index (χ1v) is 24.6. The van der Waals surface area contributed by atoms with E-state index in [1.807, 2.05) is 0 Å². The lowest BCUT2D eigenvalue weighted by atomic mass is 9.96. The fraction of sp³-hybridized carbons (Fsp3) is 0.462. The third kappa shape index (κ3) is 9.88. The first-order valence-electron chi connectivity index (χ1n) is 22.9. The van der Waals surface area contributed by atoms with E-state index in [0.717, 1.165) is 59.4 Å². The van der Waals surface area contributed by atoms with Gasteiger partial charge in [-0.1, -0.05) is 141 Å². The lowest BCUT2D eigenvalue weighted by Gasteiger charge is -2.25. The minimum absolute atomic E-state index is 0.983. The summed E-state index contributed by atoms with van der Waals surface area (Å²) in [5, 5.41) is 6.98. The molecule has 0 amide bonds. The summed E-state index contributed by atoms with van der Waals surface area (Å²) in [6.07, 6.45) is 20.6. The maximum atomic E-state index is 5.62. The second-order valence-corrected chi connectivity index (χ2v) is 18.2. The average molecular weight is 811 g/mol. The largest absolute Gasteiger partial charge is 0.372 e. The summed E-state index contributed by atoms with van der Waals surface area (Å²) >= 11 is 3.56. The van der Waals surface area contributed by atoms with Gasteiger partial charge in [0.2, 0.25) is 0 Å². The minimum Gasteiger partial charge on any atom is -0.372 e. The van der Waals surface area contributed by atoms with Crippen LogP contribution in [0.4, 0.5) is 11.4 Å². The maximum absolute atomic E-state index is 5.62. The van der Waals surface area contributed by atoms with E-state index in [1.165, 1.54) is 145 Å². The van der Waals surface area contributed by atoms with E-state index >= 15 is 0 Å². The normalized spacial score (nSPS) is 11.8. The Morgan fingerprint density at radius 3 is 1.05 bits per heavy atom. The van der Waals surface area contributed by atoms with Gasteiger partial charge in [-0.2, -0.15) is 0 Å². The third-order valence-electron chi connectivity index (χ3n) is 12.1. The fourth-order valence-corrected chi connectivity index (χ4v) is 10.5. The van der Waals surface area contributed by atoms with Crippen LogP contribution >= 0.6 is 22.7 Å². The Labute approximate surface area is 356 Å². The Morgan fingerprint density at radius 2 is 0.724 bits per heavy atom. The number of unbranched alkanes of at least 4 members (excludes halogenated alkanes) is 12. The highest BCUT2D eigenvalue weighted by atomic mass is 32.1. The van der Waals surface area contributed by atoms with Crippen molar-refractivity contribution in [2.45, 2.75) is 130 Å². The molecule has 3 heterocycles. The zero-order valence-electron chi connectivity index (χ0n) is 35.8. The van der Waals surface area contributed by atoms with Gasteiger partial charge >= 0.3 is 0 Å². The topological polar surface area (TPSA) is 32.3 Å². The van der Waals surface area contributed by atoms with Crippen LogP contribution in [0.3, 0.4) is 0 Å². The van der Waals surface area contributed by atoms with E-state index in [4.69, 9.17) is 9.97 Å². The SMILES string of the molecule is CCCCCCN(CCCCCC)c1ccc(-c2ccc(-c3ccc(N(CCCCCC)CCCCCC)cc3)c3nc4c(nc23)c2sccc2c2ccsc24)cc1. The van der Waals surface area contributed by atoms with Crippen LogP contribution in [0.2, 0.25) is 0 Å². The highest BCUT2D eigenvalue weighted by Crippen LogP contribution is 2.42. The Kier molecular flexibility index (Phi) is 15.5. The number of thiophene rings is 2. The number of hydrogen-bond donors (Lipinski definition) is 0. The smallest absolute Gasteiger partial charge is 0.109 e. The Morgan fingerprint density at radius 1 is 0.379 bits per heavy atom. The molecule has 6 heteroatoms. The monoisotopic (exact) mass is 810 g/mol. The molecule has 7 rings (SSSR count). The van der Waals surface area contributed by atoms with E-state index in [1.54, 1.807) is 22.7 Å². The highest BCUT2D eigenvalue weighted by Gasteiger charge is 2.19. The molecule has 4 aromatic carbocycles. The molecule has 0 aliphatic heterocycles. The summed E-state index contributed by atoms with van der Waals surface area (Å²) in [5.74, 6) is 0. The Hall–Kier alpha value is -4.00. The predicted octanol–water partition coefficient (Wildman–Crippen LogP) is 16.5. The quantitative estimate of drug-likeness (QED) is 0.0449. The van der Waals surface area contributed by atoms with Gasteiger partial charge in [0.25, 0.3) is 0 Å². The van der Waals surface area contributed by atoms with Gasteiger partial charge < -0.3 is 9.80 Å². The van der Waals surface area contributed by atoms with Crippen LogP contribution < -0.4 is 9.80 Å². The van der Waals surface area contributed by atoms with Crippen molar-refractivity contribution < 1.29 is 0 Å². The number of fused-ring (bicyclic) bond motifs is 7. The Bertz CT molecular complexity index is 2130. The molecule has 4 nitrogen and oxygen atoms in total. The molecule has 0 fully saturated rings. The van der Waals surface area contributed by atoms with Crippen molar-refractivity contribution in [3.63, 3.8) is 0 Å². The molecule has 58 heavy (non-hydrogen) atoms.